The smallest absolute Gasteiger partial charge is 0.0767 e. The van der Waals surface area contributed by atoms with Crippen LogP contribution in [0.1, 0.15) is 45.5 Å². The molecule has 0 aromatic carbocycles. The average Bonchev–Trinajstić information content (AvgIpc) is 2.74. The lowest BCUT2D eigenvalue weighted by molar-refractivity contribution is 0.100. The fourth-order valence-electron chi connectivity index (χ4n) is 3.11. The third kappa shape index (κ3) is 3.69. The minimum atomic E-state index is 0.588. The number of hydrogen-bond acceptors (Lipinski definition) is 3. The van der Waals surface area contributed by atoms with Gasteiger partial charge in [0.15, 0.2) is 0 Å². The van der Waals surface area contributed by atoms with Crippen molar-refractivity contribution in [1.29, 1.82) is 0 Å². The molecule has 2 heterocycles. The molecule has 1 aliphatic heterocycles. The Morgan fingerprint density at radius 1 is 1.38 bits per heavy atom. The molecule has 0 amide bonds. The van der Waals surface area contributed by atoms with E-state index in [-0.39, 0.29) is 0 Å². The predicted molar refractivity (Wildman–Crippen MR) is 91.4 cm³/mol. The van der Waals surface area contributed by atoms with Crippen LogP contribution in [0.4, 0.5) is 0 Å². The lowest BCUT2D eigenvalue weighted by atomic mass is 9.98. The second-order valence-corrected chi connectivity index (χ2v) is 7.23. The van der Waals surface area contributed by atoms with Crippen molar-refractivity contribution in [2.75, 3.05) is 13.1 Å². The van der Waals surface area contributed by atoms with Gasteiger partial charge < -0.3 is 5.32 Å². The van der Waals surface area contributed by atoms with Gasteiger partial charge in [-0.1, -0.05) is 27.7 Å². The van der Waals surface area contributed by atoms with E-state index in [1.807, 2.05) is 4.68 Å². The summed E-state index contributed by atoms with van der Waals surface area (Å²) in [6, 6.07) is 1.21. The average molecular weight is 357 g/mol. The summed E-state index contributed by atoms with van der Waals surface area (Å²) in [5.41, 5.74) is 2.46. The van der Waals surface area contributed by atoms with Crippen molar-refractivity contribution >= 4 is 15.9 Å². The monoisotopic (exact) mass is 356 g/mol. The zero-order chi connectivity index (χ0) is 15.6. The molecule has 2 unspecified atom stereocenters. The van der Waals surface area contributed by atoms with E-state index in [9.17, 15) is 0 Å². The quantitative estimate of drug-likeness (QED) is 0.880. The Kier molecular flexibility index (Phi) is 5.86. The molecular weight excluding hydrogens is 328 g/mol. The van der Waals surface area contributed by atoms with Crippen LogP contribution >= 0.6 is 15.9 Å². The third-order valence-electron chi connectivity index (χ3n) is 4.70. The first-order valence-electron chi connectivity index (χ1n) is 8.15. The van der Waals surface area contributed by atoms with Crippen molar-refractivity contribution < 1.29 is 0 Å². The standard InChI is InChI=1S/C16H29BrN4/c1-6-12-8-18-14(11(3)4)9-21(12)10-15-16(17)13(7-2)19-20(15)5/h11-12,14,18H,6-10H2,1-5H3. The largest absolute Gasteiger partial charge is 0.311 e. The lowest BCUT2D eigenvalue weighted by Crippen LogP contribution is -2.57. The summed E-state index contributed by atoms with van der Waals surface area (Å²) in [6.07, 6.45) is 2.16. The SMILES string of the molecule is CCc1nn(C)c(CN2CC(C(C)C)NCC2CC)c1Br. The van der Waals surface area contributed by atoms with Gasteiger partial charge in [0.05, 0.1) is 15.9 Å². The second kappa shape index (κ2) is 7.25. The molecule has 2 rings (SSSR count). The number of halogens is 1. The van der Waals surface area contributed by atoms with Crippen molar-refractivity contribution in [1.82, 2.24) is 20.0 Å². The molecule has 1 fully saturated rings. The Bertz CT molecular complexity index is 469. The molecule has 1 aromatic heterocycles. The summed E-state index contributed by atoms with van der Waals surface area (Å²) in [4.78, 5) is 2.63. The summed E-state index contributed by atoms with van der Waals surface area (Å²) < 4.78 is 3.24. The molecular formula is C16H29BrN4. The van der Waals surface area contributed by atoms with E-state index in [1.54, 1.807) is 0 Å². The van der Waals surface area contributed by atoms with Crippen LogP contribution in [0.15, 0.2) is 4.47 Å². The number of hydrogen-bond donors (Lipinski definition) is 1. The molecule has 0 bridgehead atoms. The van der Waals surface area contributed by atoms with E-state index in [0.717, 1.165) is 31.7 Å². The van der Waals surface area contributed by atoms with Gasteiger partial charge in [-0.15, -0.1) is 0 Å². The maximum atomic E-state index is 4.63. The zero-order valence-electron chi connectivity index (χ0n) is 14.0. The molecule has 1 aliphatic rings. The van der Waals surface area contributed by atoms with Crippen LogP contribution in [0.3, 0.4) is 0 Å². The van der Waals surface area contributed by atoms with E-state index >= 15 is 0 Å². The molecule has 120 valence electrons. The highest BCUT2D eigenvalue weighted by molar-refractivity contribution is 9.10. The molecule has 1 N–H and O–H groups in total. The summed E-state index contributed by atoms with van der Waals surface area (Å²) in [5, 5.41) is 8.33. The number of piperazine rings is 1. The lowest BCUT2D eigenvalue weighted by Gasteiger charge is -2.41. The Hall–Kier alpha value is -0.390. The van der Waals surface area contributed by atoms with Crippen LogP contribution in [0.2, 0.25) is 0 Å². The second-order valence-electron chi connectivity index (χ2n) is 6.43. The first-order valence-corrected chi connectivity index (χ1v) is 8.94. The van der Waals surface area contributed by atoms with Gasteiger partial charge in [-0.25, -0.2) is 0 Å². The number of aryl methyl sites for hydroxylation is 2. The van der Waals surface area contributed by atoms with Crippen LogP contribution < -0.4 is 5.32 Å². The molecule has 0 spiro atoms. The van der Waals surface area contributed by atoms with Gasteiger partial charge in [0.2, 0.25) is 0 Å². The Morgan fingerprint density at radius 3 is 2.62 bits per heavy atom. The highest BCUT2D eigenvalue weighted by Crippen LogP contribution is 2.25. The van der Waals surface area contributed by atoms with Crippen molar-refractivity contribution in [3.8, 4) is 0 Å². The van der Waals surface area contributed by atoms with Gasteiger partial charge in [0.1, 0.15) is 0 Å². The van der Waals surface area contributed by atoms with Gasteiger partial charge in [-0.3, -0.25) is 9.58 Å². The fraction of sp³-hybridized carbons (Fsp3) is 0.812. The topological polar surface area (TPSA) is 33.1 Å². The molecule has 4 nitrogen and oxygen atoms in total. The first-order chi connectivity index (χ1) is 9.97. The van der Waals surface area contributed by atoms with E-state index in [2.05, 4.69) is 66.0 Å². The summed E-state index contributed by atoms with van der Waals surface area (Å²) in [6.45, 7) is 12.2. The highest BCUT2D eigenvalue weighted by Gasteiger charge is 2.29. The third-order valence-corrected chi connectivity index (χ3v) is 5.61. The molecule has 21 heavy (non-hydrogen) atoms. The molecule has 5 heteroatoms. The Morgan fingerprint density at radius 2 is 2.10 bits per heavy atom. The van der Waals surface area contributed by atoms with Gasteiger partial charge in [0.25, 0.3) is 0 Å². The number of rotatable bonds is 5. The summed E-state index contributed by atoms with van der Waals surface area (Å²) >= 11 is 3.75. The molecule has 0 aliphatic carbocycles. The molecule has 2 atom stereocenters. The van der Waals surface area contributed by atoms with Crippen molar-refractivity contribution in [3.05, 3.63) is 15.9 Å². The maximum Gasteiger partial charge on any atom is 0.0767 e. The highest BCUT2D eigenvalue weighted by atomic mass is 79.9. The fourth-order valence-corrected chi connectivity index (χ4v) is 3.85. The van der Waals surface area contributed by atoms with E-state index in [0.29, 0.717) is 18.0 Å². The van der Waals surface area contributed by atoms with Crippen molar-refractivity contribution in [2.45, 2.75) is 59.2 Å². The van der Waals surface area contributed by atoms with Gasteiger partial charge >= 0.3 is 0 Å². The summed E-state index contributed by atoms with van der Waals surface area (Å²) in [5.74, 6) is 0.673. The maximum absolute atomic E-state index is 4.63. The number of aromatic nitrogens is 2. The minimum Gasteiger partial charge on any atom is -0.311 e. The Balaban J connectivity index is 2.17. The van der Waals surface area contributed by atoms with Crippen molar-refractivity contribution in [2.24, 2.45) is 13.0 Å². The molecule has 0 radical (unpaired) electrons. The van der Waals surface area contributed by atoms with E-state index in [1.165, 1.54) is 16.6 Å². The Labute approximate surface area is 137 Å². The molecule has 0 saturated carbocycles. The van der Waals surface area contributed by atoms with Gasteiger partial charge in [-0.2, -0.15) is 5.10 Å². The minimum absolute atomic E-state index is 0.588. The number of nitrogens with one attached hydrogen (secondary N) is 1. The number of nitrogens with zero attached hydrogens (tertiary/aromatic N) is 3. The van der Waals surface area contributed by atoms with E-state index in [4.69, 9.17) is 0 Å². The van der Waals surface area contributed by atoms with Crippen LogP contribution in [0, 0.1) is 5.92 Å². The first kappa shape index (κ1) is 17.0. The summed E-state index contributed by atoms with van der Waals surface area (Å²) in [7, 11) is 2.06. The van der Waals surface area contributed by atoms with Crippen LogP contribution in [-0.2, 0) is 20.0 Å². The van der Waals surface area contributed by atoms with Crippen molar-refractivity contribution in [3.63, 3.8) is 0 Å². The molecule has 1 saturated heterocycles. The van der Waals surface area contributed by atoms with Crippen LogP contribution in [0.5, 0.6) is 0 Å². The normalized spacial score (nSPS) is 24.0. The zero-order valence-corrected chi connectivity index (χ0v) is 15.6. The van der Waals surface area contributed by atoms with E-state index < -0.39 is 0 Å². The van der Waals surface area contributed by atoms with Gasteiger partial charge in [0, 0.05) is 38.8 Å². The van der Waals surface area contributed by atoms with Crippen LogP contribution in [-0.4, -0.2) is 39.9 Å². The van der Waals surface area contributed by atoms with Gasteiger partial charge in [-0.05, 0) is 34.7 Å². The van der Waals surface area contributed by atoms with Crippen LogP contribution in [0.25, 0.3) is 0 Å². The predicted octanol–water partition coefficient (Wildman–Crippen LogP) is 2.95. The molecule has 1 aromatic rings.